The summed E-state index contributed by atoms with van der Waals surface area (Å²) in [7, 11) is 0. The molecule has 4 rings (SSSR count). The summed E-state index contributed by atoms with van der Waals surface area (Å²) in [5, 5.41) is 4.85. The SMILES string of the molecule is CCCCN(CC)C(=O)Cn1c2ccc(C)cc2c2ncn(Cc3nc(C(C)C)no3)c(=O)c21. The predicted octanol–water partition coefficient (Wildman–Crippen LogP) is 3.86. The lowest BCUT2D eigenvalue weighted by molar-refractivity contribution is -0.131. The van der Waals surface area contributed by atoms with E-state index in [1.165, 1.54) is 10.9 Å². The van der Waals surface area contributed by atoms with Crippen LogP contribution >= 0.6 is 0 Å². The van der Waals surface area contributed by atoms with Gasteiger partial charge in [-0.1, -0.05) is 44.0 Å². The molecule has 1 aromatic carbocycles. The molecule has 0 saturated heterocycles. The van der Waals surface area contributed by atoms with Crippen molar-refractivity contribution in [3.8, 4) is 0 Å². The number of nitrogens with zero attached hydrogens (tertiary/aromatic N) is 6. The molecular formula is C25H32N6O3. The van der Waals surface area contributed by atoms with Crippen LogP contribution < -0.4 is 5.56 Å². The molecular weight excluding hydrogens is 432 g/mol. The summed E-state index contributed by atoms with van der Waals surface area (Å²) in [6.07, 6.45) is 3.47. The average Bonchev–Trinajstić information content (AvgIpc) is 3.39. The van der Waals surface area contributed by atoms with Crippen LogP contribution in [-0.4, -0.2) is 48.2 Å². The van der Waals surface area contributed by atoms with Crippen LogP contribution in [0.3, 0.4) is 0 Å². The van der Waals surface area contributed by atoms with Gasteiger partial charge in [-0.15, -0.1) is 0 Å². The Labute approximate surface area is 198 Å². The fraction of sp³-hybridized carbons (Fsp3) is 0.480. The number of fused-ring (bicyclic) bond motifs is 3. The molecule has 0 unspecified atom stereocenters. The van der Waals surface area contributed by atoms with E-state index in [4.69, 9.17) is 4.52 Å². The van der Waals surface area contributed by atoms with Gasteiger partial charge in [0.2, 0.25) is 11.8 Å². The van der Waals surface area contributed by atoms with Gasteiger partial charge >= 0.3 is 0 Å². The van der Waals surface area contributed by atoms with E-state index in [9.17, 15) is 9.59 Å². The van der Waals surface area contributed by atoms with Gasteiger partial charge in [0.15, 0.2) is 5.82 Å². The van der Waals surface area contributed by atoms with E-state index in [-0.39, 0.29) is 30.5 Å². The van der Waals surface area contributed by atoms with Crippen LogP contribution in [0.5, 0.6) is 0 Å². The Morgan fingerprint density at radius 2 is 2.03 bits per heavy atom. The molecule has 0 fully saturated rings. The molecule has 3 heterocycles. The van der Waals surface area contributed by atoms with Crippen molar-refractivity contribution in [2.75, 3.05) is 13.1 Å². The molecule has 34 heavy (non-hydrogen) atoms. The number of rotatable bonds is 9. The van der Waals surface area contributed by atoms with Crippen LogP contribution in [-0.2, 0) is 17.9 Å². The molecule has 180 valence electrons. The first-order chi connectivity index (χ1) is 16.3. The molecule has 0 aliphatic rings. The van der Waals surface area contributed by atoms with Gasteiger partial charge in [0.25, 0.3) is 5.56 Å². The highest BCUT2D eigenvalue weighted by atomic mass is 16.5. The maximum atomic E-state index is 13.6. The molecule has 4 aromatic rings. The summed E-state index contributed by atoms with van der Waals surface area (Å²) in [6, 6.07) is 5.96. The highest BCUT2D eigenvalue weighted by Gasteiger charge is 2.21. The van der Waals surface area contributed by atoms with Crippen molar-refractivity contribution in [2.45, 2.75) is 66.5 Å². The van der Waals surface area contributed by atoms with E-state index in [0.29, 0.717) is 35.8 Å². The molecule has 0 atom stereocenters. The molecule has 0 bridgehead atoms. The molecule has 0 N–H and O–H groups in total. The number of unbranched alkanes of at least 4 members (excludes halogenated alkanes) is 1. The zero-order chi connectivity index (χ0) is 24.4. The van der Waals surface area contributed by atoms with Gasteiger partial charge in [-0.3, -0.25) is 14.2 Å². The van der Waals surface area contributed by atoms with Crippen LogP contribution in [0.25, 0.3) is 21.9 Å². The zero-order valence-electron chi connectivity index (χ0n) is 20.5. The minimum Gasteiger partial charge on any atom is -0.341 e. The zero-order valence-corrected chi connectivity index (χ0v) is 20.5. The lowest BCUT2D eigenvalue weighted by Crippen LogP contribution is -2.35. The van der Waals surface area contributed by atoms with Crippen LogP contribution in [0.15, 0.2) is 33.8 Å². The fourth-order valence-electron chi connectivity index (χ4n) is 4.15. The Kier molecular flexibility index (Phi) is 6.81. The van der Waals surface area contributed by atoms with Gasteiger partial charge in [0.05, 0.1) is 11.8 Å². The standard InChI is InChI=1S/C25H32N6O3/c1-6-8-11-29(7-2)21(32)14-31-19-10-9-17(5)12-18(19)22-23(31)25(33)30(15-26-22)13-20-27-24(16(3)4)28-34-20/h9-10,12,15-16H,6-8,11,13-14H2,1-5H3. The van der Waals surface area contributed by atoms with E-state index in [0.717, 1.165) is 29.3 Å². The molecule has 0 aliphatic carbocycles. The minimum absolute atomic E-state index is 0.0106. The number of likely N-dealkylation sites (N-methyl/N-ethyl adjacent to an activating group) is 1. The van der Waals surface area contributed by atoms with Crippen LogP contribution in [0, 0.1) is 6.92 Å². The second-order valence-corrected chi connectivity index (χ2v) is 9.01. The monoisotopic (exact) mass is 464 g/mol. The average molecular weight is 465 g/mol. The summed E-state index contributed by atoms with van der Waals surface area (Å²) in [4.78, 5) is 37.7. The summed E-state index contributed by atoms with van der Waals surface area (Å²) >= 11 is 0. The van der Waals surface area contributed by atoms with Gasteiger partial charge in [-0.05, 0) is 32.4 Å². The first kappa shape index (κ1) is 23.7. The third-order valence-electron chi connectivity index (χ3n) is 6.10. The molecule has 9 nitrogen and oxygen atoms in total. The van der Waals surface area contributed by atoms with Gasteiger partial charge in [0.1, 0.15) is 24.1 Å². The van der Waals surface area contributed by atoms with E-state index in [1.807, 2.05) is 50.8 Å². The first-order valence-corrected chi connectivity index (χ1v) is 11.9. The number of hydrogen-bond acceptors (Lipinski definition) is 6. The van der Waals surface area contributed by atoms with Crippen molar-refractivity contribution in [2.24, 2.45) is 0 Å². The summed E-state index contributed by atoms with van der Waals surface area (Å²) in [5.74, 6) is 1.06. The number of benzene rings is 1. The lowest BCUT2D eigenvalue weighted by Gasteiger charge is -2.21. The Balaban J connectivity index is 1.81. The van der Waals surface area contributed by atoms with Crippen molar-refractivity contribution in [3.63, 3.8) is 0 Å². The molecule has 0 spiro atoms. The third kappa shape index (κ3) is 4.47. The Bertz CT molecular complexity index is 1380. The number of hydrogen-bond donors (Lipinski definition) is 0. The number of carbonyl (C=O) groups is 1. The van der Waals surface area contributed by atoms with E-state index in [1.54, 1.807) is 4.57 Å². The maximum absolute atomic E-state index is 13.6. The summed E-state index contributed by atoms with van der Waals surface area (Å²) in [5.41, 5.74) is 2.65. The number of amides is 1. The number of carbonyl (C=O) groups excluding carboxylic acids is 1. The number of aryl methyl sites for hydroxylation is 1. The lowest BCUT2D eigenvalue weighted by atomic mass is 10.1. The summed E-state index contributed by atoms with van der Waals surface area (Å²) in [6.45, 7) is 11.6. The molecule has 9 heteroatoms. The molecule has 0 radical (unpaired) electrons. The van der Waals surface area contributed by atoms with Crippen molar-refractivity contribution >= 4 is 27.8 Å². The van der Waals surface area contributed by atoms with Gasteiger partial charge in [-0.2, -0.15) is 4.98 Å². The normalized spacial score (nSPS) is 11.7. The highest BCUT2D eigenvalue weighted by Crippen LogP contribution is 2.26. The Morgan fingerprint density at radius 3 is 2.71 bits per heavy atom. The maximum Gasteiger partial charge on any atom is 0.278 e. The molecule has 0 aliphatic heterocycles. The molecule has 3 aromatic heterocycles. The van der Waals surface area contributed by atoms with E-state index >= 15 is 0 Å². The van der Waals surface area contributed by atoms with Crippen molar-refractivity contribution in [1.29, 1.82) is 0 Å². The predicted molar refractivity (Wildman–Crippen MR) is 131 cm³/mol. The van der Waals surface area contributed by atoms with Crippen molar-refractivity contribution < 1.29 is 9.32 Å². The van der Waals surface area contributed by atoms with E-state index in [2.05, 4.69) is 22.0 Å². The topological polar surface area (TPSA) is 99.1 Å². The number of aromatic nitrogens is 5. The van der Waals surface area contributed by atoms with Gasteiger partial charge in [-0.25, -0.2) is 4.98 Å². The van der Waals surface area contributed by atoms with Crippen molar-refractivity contribution in [3.05, 3.63) is 52.2 Å². The second kappa shape index (κ2) is 9.79. The van der Waals surface area contributed by atoms with Gasteiger partial charge < -0.3 is 14.0 Å². The van der Waals surface area contributed by atoms with Gasteiger partial charge in [0, 0.05) is 24.4 Å². The molecule has 1 amide bonds. The van der Waals surface area contributed by atoms with Crippen LogP contribution in [0.1, 0.15) is 63.7 Å². The van der Waals surface area contributed by atoms with Crippen LogP contribution in [0.4, 0.5) is 0 Å². The minimum atomic E-state index is -0.243. The largest absolute Gasteiger partial charge is 0.341 e. The smallest absolute Gasteiger partial charge is 0.278 e. The first-order valence-electron chi connectivity index (χ1n) is 11.9. The molecule has 0 saturated carbocycles. The van der Waals surface area contributed by atoms with E-state index < -0.39 is 0 Å². The quantitative estimate of drug-likeness (QED) is 0.373. The Hall–Kier alpha value is -3.49. The highest BCUT2D eigenvalue weighted by molar-refractivity contribution is 6.06. The van der Waals surface area contributed by atoms with Crippen molar-refractivity contribution in [1.82, 2.24) is 29.2 Å². The Morgan fingerprint density at radius 1 is 1.24 bits per heavy atom. The fourth-order valence-corrected chi connectivity index (χ4v) is 4.15. The second-order valence-electron chi connectivity index (χ2n) is 9.01. The summed E-state index contributed by atoms with van der Waals surface area (Å²) < 4.78 is 8.60. The third-order valence-corrected chi connectivity index (χ3v) is 6.10. The van der Waals surface area contributed by atoms with Crippen LogP contribution in [0.2, 0.25) is 0 Å².